The summed E-state index contributed by atoms with van der Waals surface area (Å²) in [7, 11) is 0. The van der Waals surface area contributed by atoms with Crippen molar-refractivity contribution < 1.29 is 4.79 Å². The van der Waals surface area contributed by atoms with Gasteiger partial charge in [-0.2, -0.15) is 5.10 Å². The van der Waals surface area contributed by atoms with Crippen LogP contribution in [0.25, 0.3) is 10.8 Å². The van der Waals surface area contributed by atoms with Crippen molar-refractivity contribution in [3.05, 3.63) is 69.6 Å². The molecule has 0 aliphatic carbocycles. The van der Waals surface area contributed by atoms with Gasteiger partial charge in [-0.3, -0.25) is 9.59 Å². The average molecular weight is 406 g/mol. The van der Waals surface area contributed by atoms with E-state index in [-0.39, 0.29) is 17.5 Å². The highest BCUT2D eigenvalue weighted by molar-refractivity contribution is 6.12. The molecule has 0 saturated heterocycles. The Kier molecular flexibility index (Phi) is 6.70. The summed E-state index contributed by atoms with van der Waals surface area (Å²) in [5, 5.41) is 5.71. The molecule has 5 heteroatoms. The first-order valence-corrected chi connectivity index (χ1v) is 10.8. The quantitative estimate of drug-likeness (QED) is 0.504. The van der Waals surface area contributed by atoms with Crippen molar-refractivity contribution in [3.8, 4) is 0 Å². The Morgan fingerprint density at radius 3 is 2.43 bits per heavy atom. The molecular weight excluding hydrogens is 374 g/mol. The summed E-state index contributed by atoms with van der Waals surface area (Å²) in [4.78, 5) is 28.5. The van der Waals surface area contributed by atoms with Crippen molar-refractivity contribution in [1.29, 1.82) is 0 Å². The zero-order valence-corrected chi connectivity index (χ0v) is 18.6. The third-order valence-corrected chi connectivity index (χ3v) is 5.40. The third kappa shape index (κ3) is 4.30. The van der Waals surface area contributed by atoms with E-state index in [4.69, 9.17) is 0 Å². The predicted octanol–water partition coefficient (Wildman–Crippen LogP) is 5.26. The van der Waals surface area contributed by atoms with Crippen molar-refractivity contribution in [2.45, 2.75) is 66.5 Å². The second-order valence-corrected chi connectivity index (χ2v) is 8.19. The lowest BCUT2D eigenvalue weighted by atomic mass is 10.1. The topological polar surface area (TPSA) is 55.2 Å². The lowest BCUT2D eigenvalue weighted by molar-refractivity contribution is 0.0974. The molecule has 30 heavy (non-hydrogen) atoms. The molecule has 0 unspecified atom stereocenters. The van der Waals surface area contributed by atoms with E-state index in [1.165, 1.54) is 4.68 Å². The molecule has 0 radical (unpaired) electrons. The standard InChI is InChI=1S/C25H31N3O2/c1-6-7-10-15-27-24(29)21-12-9-8-11-20(21)23(26-27)25(30)28(17(2)3)22-16-18(4)13-14-19(22)5/h8-9,11-14,16-17H,6-7,10,15H2,1-5H3. The van der Waals surface area contributed by atoms with Crippen LogP contribution in [0.3, 0.4) is 0 Å². The second kappa shape index (κ2) is 9.24. The van der Waals surface area contributed by atoms with Crippen LogP contribution in [0, 0.1) is 13.8 Å². The monoisotopic (exact) mass is 405 g/mol. The maximum absolute atomic E-state index is 13.8. The molecule has 0 saturated carbocycles. The number of aryl methyl sites for hydroxylation is 3. The fourth-order valence-electron chi connectivity index (χ4n) is 3.77. The highest BCUT2D eigenvalue weighted by atomic mass is 16.2. The molecule has 1 heterocycles. The van der Waals surface area contributed by atoms with Gasteiger partial charge < -0.3 is 4.90 Å². The lowest BCUT2D eigenvalue weighted by Crippen LogP contribution is -2.39. The van der Waals surface area contributed by atoms with Gasteiger partial charge in [-0.25, -0.2) is 4.68 Å². The van der Waals surface area contributed by atoms with Gasteiger partial charge in [0, 0.05) is 23.7 Å². The first-order chi connectivity index (χ1) is 14.3. The van der Waals surface area contributed by atoms with Gasteiger partial charge in [0.15, 0.2) is 5.69 Å². The number of hydrogen-bond acceptors (Lipinski definition) is 3. The smallest absolute Gasteiger partial charge is 0.279 e. The molecule has 3 aromatic rings. The van der Waals surface area contributed by atoms with Gasteiger partial charge >= 0.3 is 0 Å². The summed E-state index contributed by atoms with van der Waals surface area (Å²) in [6, 6.07) is 13.3. The molecule has 0 bridgehead atoms. The third-order valence-electron chi connectivity index (χ3n) is 5.40. The van der Waals surface area contributed by atoms with Crippen molar-refractivity contribution in [2.24, 2.45) is 0 Å². The molecule has 1 aromatic heterocycles. The summed E-state index contributed by atoms with van der Waals surface area (Å²) < 4.78 is 1.47. The number of unbranched alkanes of at least 4 members (excludes halogenated alkanes) is 2. The van der Waals surface area contributed by atoms with Crippen molar-refractivity contribution >= 4 is 22.4 Å². The molecule has 158 valence electrons. The Morgan fingerprint density at radius 2 is 1.77 bits per heavy atom. The minimum atomic E-state index is -0.181. The average Bonchev–Trinajstić information content (AvgIpc) is 2.72. The van der Waals surface area contributed by atoms with Crippen LogP contribution >= 0.6 is 0 Å². The number of fused-ring (bicyclic) bond motifs is 1. The van der Waals surface area contributed by atoms with Crippen LogP contribution in [0.4, 0.5) is 5.69 Å². The number of rotatable bonds is 7. The van der Waals surface area contributed by atoms with Crippen LogP contribution in [0.2, 0.25) is 0 Å². The van der Waals surface area contributed by atoms with Crippen molar-refractivity contribution in [2.75, 3.05) is 4.90 Å². The molecule has 2 aromatic carbocycles. The van der Waals surface area contributed by atoms with Crippen LogP contribution in [0.5, 0.6) is 0 Å². The molecule has 0 spiro atoms. The van der Waals surface area contributed by atoms with Crippen molar-refractivity contribution in [3.63, 3.8) is 0 Å². The van der Waals surface area contributed by atoms with E-state index in [1.54, 1.807) is 11.0 Å². The summed E-state index contributed by atoms with van der Waals surface area (Å²) in [6.45, 7) is 10.7. The highest BCUT2D eigenvalue weighted by Crippen LogP contribution is 2.27. The number of anilines is 1. The normalized spacial score (nSPS) is 11.3. The first-order valence-electron chi connectivity index (χ1n) is 10.8. The number of aromatic nitrogens is 2. The molecule has 1 amide bonds. The minimum Gasteiger partial charge on any atom is -0.304 e. The molecule has 3 rings (SSSR count). The number of hydrogen-bond donors (Lipinski definition) is 0. The van der Waals surface area contributed by atoms with Gasteiger partial charge in [0.2, 0.25) is 0 Å². The zero-order chi connectivity index (χ0) is 21.8. The van der Waals surface area contributed by atoms with Gasteiger partial charge in [-0.15, -0.1) is 0 Å². The summed E-state index contributed by atoms with van der Waals surface area (Å²) in [5.74, 6) is -0.181. The maximum Gasteiger partial charge on any atom is 0.279 e. The SMILES string of the molecule is CCCCCn1nc(C(=O)N(c2cc(C)ccc2C)C(C)C)c2ccccc2c1=O. The highest BCUT2D eigenvalue weighted by Gasteiger charge is 2.26. The zero-order valence-electron chi connectivity index (χ0n) is 18.6. The van der Waals surface area contributed by atoms with Crippen LogP contribution in [-0.2, 0) is 6.54 Å². The van der Waals surface area contributed by atoms with Crippen LogP contribution in [0.1, 0.15) is 61.6 Å². The van der Waals surface area contributed by atoms with Crippen LogP contribution < -0.4 is 10.5 Å². The van der Waals surface area contributed by atoms with E-state index in [1.807, 2.05) is 64.1 Å². The van der Waals surface area contributed by atoms with E-state index >= 15 is 0 Å². The minimum absolute atomic E-state index is 0.0565. The fourth-order valence-corrected chi connectivity index (χ4v) is 3.77. The summed E-state index contributed by atoms with van der Waals surface area (Å²) >= 11 is 0. The van der Waals surface area contributed by atoms with Crippen LogP contribution in [0.15, 0.2) is 47.3 Å². The number of carbonyl (C=O) groups excluding carboxylic acids is 1. The fraction of sp³-hybridized carbons (Fsp3) is 0.400. The second-order valence-electron chi connectivity index (χ2n) is 8.19. The summed E-state index contributed by atoms with van der Waals surface area (Å²) in [6.07, 6.45) is 2.94. The lowest BCUT2D eigenvalue weighted by Gasteiger charge is -2.29. The Labute approximate surface area is 178 Å². The largest absolute Gasteiger partial charge is 0.304 e. The van der Waals surface area contributed by atoms with E-state index in [0.717, 1.165) is 36.1 Å². The van der Waals surface area contributed by atoms with Gasteiger partial charge in [0.05, 0.1) is 5.39 Å². The first kappa shape index (κ1) is 21.8. The van der Waals surface area contributed by atoms with E-state index < -0.39 is 0 Å². The van der Waals surface area contributed by atoms with E-state index in [2.05, 4.69) is 12.0 Å². The molecule has 0 fully saturated rings. The van der Waals surface area contributed by atoms with Gasteiger partial charge in [0.1, 0.15) is 0 Å². The number of carbonyl (C=O) groups is 1. The van der Waals surface area contributed by atoms with Crippen molar-refractivity contribution in [1.82, 2.24) is 9.78 Å². The Bertz CT molecular complexity index is 1120. The Balaban J connectivity index is 2.17. The number of nitrogens with zero attached hydrogens (tertiary/aromatic N) is 3. The maximum atomic E-state index is 13.8. The van der Waals surface area contributed by atoms with Gasteiger partial charge in [0.25, 0.3) is 11.5 Å². The molecule has 0 aliphatic rings. The number of amides is 1. The Morgan fingerprint density at radius 1 is 1.07 bits per heavy atom. The van der Waals surface area contributed by atoms with E-state index in [9.17, 15) is 9.59 Å². The Hall–Kier alpha value is -2.95. The van der Waals surface area contributed by atoms with E-state index in [0.29, 0.717) is 23.0 Å². The molecule has 5 nitrogen and oxygen atoms in total. The molecule has 0 aliphatic heterocycles. The van der Waals surface area contributed by atoms with Gasteiger partial charge in [-0.1, -0.05) is 50.1 Å². The molecular formula is C25H31N3O2. The van der Waals surface area contributed by atoms with Crippen LogP contribution in [-0.4, -0.2) is 21.7 Å². The number of benzene rings is 2. The molecule has 0 atom stereocenters. The summed E-state index contributed by atoms with van der Waals surface area (Å²) in [5.41, 5.74) is 3.20. The van der Waals surface area contributed by atoms with Gasteiger partial charge in [-0.05, 0) is 57.4 Å². The predicted molar refractivity (Wildman–Crippen MR) is 123 cm³/mol. The molecule has 0 N–H and O–H groups in total.